The van der Waals surface area contributed by atoms with Crippen molar-refractivity contribution in [2.45, 2.75) is 6.54 Å². The van der Waals surface area contributed by atoms with E-state index in [1.54, 1.807) is 18.2 Å². The van der Waals surface area contributed by atoms with Gasteiger partial charge in [-0.15, -0.1) is 0 Å². The van der Waals surface area contributed by atoms with Gasteiger partial charge in [-0.1, -0.05) is 12.1 Å². The molecule has 0 atom stereocenters. The molecule has 0 spiro atoms. The Labute approximate surface area is 136 Å². The summed E-state index contributed by atoms with van der Waals surface area (Å²) < 4.78 is 5.09. The predicted molar refractivity (Wildman–Crippen MR) is 91.3 cm³/mol. The maximum Gasteiger partial charge on any atom is 0.176 e. The molecular weight excluding hydrogens is 292 g/mol. The third-order valence-corrected chi connectivity index (χ3v) is 3.45. The van der Waals surface area contributed by atoms with Gasteiger partial charge in [0.1, 0.15) is 0 Å². The zero-order valence-electron chi connectivity index (χ0n) is 13.7. The van der Waals surface area contributed by atoms with E-state index in [1.165, 1.54) is 7.11 Å². The summed E-state index contributed by atoms with van der Waals surface area (Å²) in [6.45, 7) is 0.860. The average Bonchev–Trinajstić information content (AvgIpc) is 2.53. The SMILES string of the molecule is COc1cccc(CNc2ccc(C(=O)CN(C)C)cc2)c1O. The van der Waals surface area contributed by atoms with Gasteiger partial charge in [-0.3, -0.25) is 4.79 Å². The Morgan fingerprint density at radius 2 is 1.87 bits per heavy atom. The number of rotatable bonds is 7. The van der Waals surface area contributed by atoms with Gasteiger partial charge in [0.15, 0.2) is 17.3 Å². The number of phenolic OH excluding ortho intramolecular Hbond substituents is 1. The Kier molecular flexibility index (Phi) is 5.60. The Hall–Kier alpha value is -2.53. The second kappa shape index (κ2) is 7.65. The quantitative estimate of drug-likeness (QED) is 0.770. The molecule has 23 heavy (non-hydrogen) atoms. The second-order valence-corrected chi connectivity index (χ2v) is 5.56. The number of carbonyl (C=O) groups is 1. The van der Waals surface area contributed by atoms with Gasteiger partial charge in [-0.2, -0.15) is 0 Å². The summed E-state index contributed by atoms with van der Waals surface area (Å²) in [6, 6.07) is 12.7. The smallest absolute Gasteiger partial charge is 0.176 e. The molecule has 5 heteroatoms. The molecule has 2 aromatic carbocycles. The van der Waals surface area contributed by atoms with Crippen LogP contribution in [0.3, 0.4) is 0 Å². The largest absolute Gasteiger partial charge is 0.504 e. The number of anilines is 1. The molecule has 2 aromatic rings. The standard InChI is InChI=1S/C18H22N2O3/c1-20(2)12-16(21)13-7-9-15(10-8-13)19-11-14-5-4-6-17(23-3)18(14)22/h4-10,19,22H,11-12H2,1-3H3. The molecule has 122 valence electrons. The molecule has 0 aliphatic heterocycles. The van der Waals surface area contributed by atoms with Crippen molar-refractivity contribution in [3.8, 4) is 11.5 Å². The summed E-state index contributed by atoms with van der Waals surface area (Å²) in [5, 5.41) is 13.3. The van der Waals surface area contributed by atoms with Gasteiger partial charge in [0.25, 0.3) is 0 Å². The highest BCUT2D eigenvalue weighted by molar-refractivity contribution is 5.97. The fraction of sp³-hybridized carbons (Fsp3) is 0.278. The lowest BCUT2D eigenvalue weighted by atomic mass is 10.1. The van der Waals surface area contributed by atoms with Crippen molar-refractivity contribution >= 4 is 11.5 Å². The fourth-order valence-corrected chi connectivity index (χ4v) is 2.22. The molecule has 0 aliphatic carbocycles. The maximum absolute atomic E-state index is 12.0. The summed E-state index contributed by atoms with van der Waals surface area (Å²) in [6.07, 6.45) is 0. The molecule has 5 nitrogen and oxygen atoms in total. The first-order valence-electron chi connectivity index (χ1n) is 7.38. The highest BCUT2D eigenvalue weighted by Crippen LogP contribution is 2.29. The van der Waals surface area contributed by atoms with Crippen LogP contribution in [-0.4, -0.2) is 43.5 Å². The highest BCUT2D eigenvalue weighted by Gasteiger charge is 2.08. The molecule has 0 aromatic heterocycles. The van der Waals surface area contributed by atoms with Crippen molar-refractivity contribution in [2.75, 3.05) is 33.1 Å². The highest BCUT2D eigenvalue weighted by atomic mass is 16.5. The molecule has 0 bridgehead atoms. The number of likely N-dealkylation sites (N-methyl/N-ethyl adjacent to an activating group) is 1. The van der Waals surface area contributed by atoms with Crippen LogP contribution in [0.15, 0.2) is 42.5 Å². The van der Waals surface area contributed by atoms with Crippen LogP contribution in [-0.2, 0) is 6.54 Å². The van der Waals surface area contributed by atoms with Crippen molar-refractivity contribution in [1.82, 2.24) is 4.90 Å². The van der Waals surface area contributed by atoms with Crippen LogP contribution in [0, 0.1) is 0 Å². The number of aromatic hydroxyl groups is 1. The van der Waals surface area contributed by atoms with Crippen molar-refractivity contribution in [2.24, 2.45) is 0 Å². The number of ketones is 1. The van der Waals surface area contributed by atoms with Crippen LogP contribution in [0.4, 0.5) is 5.69 Å². The Balaban J connectivity index is 2.01. The molecule has 2 rings (SSSR count). The van der Waals surface area contributed by atoms with Crippen LogP contribution in [0.5, 0.6) is 11.5 Å². The molecule has 0 heterocycles. The molecule has 0 amide bonds. The number of nitrogens with one attached hydrogen (secondary N) is 1. The molecule has 0 aliphatic rings. The summed E-state index contributed by atoms with van der Waals surface area (Å²) >= 11 is 0. The van der Waals surface area contributed by atoms with E-state index in [0.717, 1.165) is 11.3 Å². The number of hydrogen-bond acceptors (Lipinski definition) is 5. The normalized spacial score (nSPS) is 10.6. The maximum atomic E-state index is 12.0. The minimum atomic E-state index is 0.0898. The van der Waals surface area contributed by atoms with Gasteiger partial charge in [0.05, 0.1) is 13.7 Å². The van der Waals surface area contributed by atoms with E-state index in [0.29, 0.717) is 24.4 Å². The van der Waals surface area contributed by atoms with Crippen LogP contribution < -0.4 is 10.1 Å². The Morgan fingerprint density at radius 3 is 2.48 bits per heavy atom. The third-order valence-electron chi connectivity index (χ3n) is 3.45. The van der Waals surface area contributed by atoms with E-state index in [1.807, 2.05) is 43.3 Å². The summed E-state index contributed by atoms with van der Waals surface area (Å²) in [5.74, 6) is 0.682. The van der Waals surface area contributed by atoms with Crippen LogP contribution in [0.2, 0.25) is 0 Å². The molecule has 0 radical (unpaired) electrons. The van der Waals surface area contributed by atoms with Gasteiger partial charge >= 0.3 is 0 Å². The van der Waals surface area contributed by atoms with E-state index in [-0.39, 0.29) is 11.5 Å². The van der Waals surface area contributed by atoms with Crippen LogP contribution in [0.25, 0.3) is 0 Å². The Bertz CT molecular complexity index is 666. The minimum Gasteiger partial charge on any atom is -0.504 e. The van der Waals surface area contributed by atoms with Crippen molar-refractivity contribution in [1.29, 1.82) is 0 Å². The van der Waals surface area contributed by atoms with Gasteiger partial charge in [0.2, 0.25) is 0 Å². The van der Waals surface area contributed by atoms with Crippen molar-refractivity contribution in [3.63, 3.8) is 0 Å². The lowest BCUT2D eigenvalue weighted by Crippen LogP contribution is -2.21. The zero-order chi connectivity index (χ0) is 16.8. The third kappa shape index (κ3) is 4.47. The first-order valence-corrected chi connectivity index (χ1v) is 7.38. The predicted octanol–water partition coefficient (Wildman–Crippen LogP) is 2.76. The molecule has 0 unspecified atom stereocenters. The lowest BCUT2D eigenvalue weighted by Gasteiger charge is -2.11. The van der Waals surface area contributed by atoms with Gasteiger partial charge < -0.3 is 20.1 Å². The van der Waals surface area contributed by atoms with Gasteiger partial charge in [0, 0.05) is 23.4 Å². The summed E-state index contributed by atoms with van der Waals surface area (Å²) in [7, 11) is 5.26. The summed E-state index contributed by atoms with van der Waals surface area (Å²) in [5.41, 5.74) is 2.32. The Morgan fingerprint density at radius 1 is 1.17 bits per heavy atom. The van der Waals surface area contributed by atoms with E-state index in [2.05, 4.69) is 5.32 Å². The zero-order valence-corrected chi connectivity index (χ0v) is 13.7. The number of nitrogens with zero attached hydrogens (tertiary/aromatic N) is 1. The number of carbonyl (C=O) groups excluding carboxylic acids is 1. The van der Waals surface area contributed by atoms with Crippen molar-refractivity contribution < 1.29 is 14.6 Å². The first kappa shape index (κ1) is 16.8. The van der Waals surface area contributed by atoms with Crippen molar-refractivity contribution in [3.05, 3.63) is 53.6 Å². The minimum absolute atomic E-state index is 0.0898. The van der Waals surface area contributed by atoms with E-state index >= 15 is 0 Å². The fourth-order valence-electron chi connectivity index (χ4n) is 2.22. The molecule has 0 saturated heterocycles. The number of ether oxygens (including phenoxy) is 1. The van der Waals surface area contributed by atoms with Crippen LogP contribution in [0.1, 0.15) is 15.9 Å². The number of Topliss-reactive ketones (excluding diaryl/α,β-unsaturated/α-hetero) is 1. The molecular formula is C18H22N2O3. The number of hydrogen-bond donors (Lipinski definition) is 2. The van der Waals surface area contributed by atoms with Gasteiger partial charge in [-0.05, 0) is 44.4 Å². The molecule has 0 saturated carbocycles. The number of methoxy groups -OCH3 is 1. The summed E-state index contributed by atoms with van der Waals surface area (Å²) in [4.78, 5) is 13.8. The number of phenols is 1. The average molecular weight is 314 g/mol. The first-order chi connectivity index (χ1) is 11.0. The molecule has 0 fully saturated rings. The second-order valence-electron chi connectivity index (χ2n) is 5.56. The lowest BCUT2D eigenvalue weighted by molar-refractivity contribution is 0.0958. The van der Waals surface area contributed by atoms with E-state index < -0.39 is 0 Å². The van der Waals surface area contributed by atoms with Crippen LogP contribution >= 0.6 is 0 Å². The topological polar surface area (TPSA) is 61.8 Å². The van der Waals surface area contributed by atoms with E-state index in [4.69, 9.17) is 4.74 Å². The number of benzene rings is 2. The monoisotopic (exact) mass is 314 g/mol. The number of para-hydroxylation sites is 1. The van der Waals surface area contributed by atoms with E-state index in [9.17, 15) is 9.90 Å². The van der Waals surface area contributed by atoms with Gasteiger partial charge in [-0.25, -0.2) is 0 Å². The molecule has 2 N–H and O–H groups in total.